The van der Waals surface area contributed by atoms with E-state index >= 15 is 0 Å². The summed E-state index contributed by atoms with van der Waals surface area (Å²) in [4.78, 5) is 22.2. The average Bonchev–Trinajstić information content (AvgIpc) is 3.46. The molecule has 0 unspecified atom stereocenters. The fraction of sp³-hybridized carbons (Fsp3) is 0.364. The highest BCUT2D eigenvalue weighted by atomic mass is 16.3. The molecule has 3 aromatic heterocycles. The molecule has 0 radical (unpaired) electrons. The first-order valence-corrected chi connectivity index (χ1v) is 10.3. The Hall–Kier alpha value is -3.26. The van der Waals surface area contributed by atoms with Crippen molar-refractivity contribution in [1.82, 2.24) is 29.6 Å². The molecule has 2 N–H and O–H groups in total. The van der Waals surface area contributed by atoms with Gasteiger partial charge in [0.25, 0.3) is 5.56 Å². The van der Waals surface area contributed by atoms with Gasteiger partial charge in [-0.2, -0.15) is 5.10 Å². The highest BCUT2D eigenvalue weighted by molar-refractivity contribution is 5.90. The van der Waals surface area contributed by atoms with Crippen LogP contribution in [0.25, 0.3) is 33.2 Å². The van der Waals surface area contributed by atoms with Crippen molar-refractivity contribution in [2.45, 2.75) is 31.8 Å². The summed E-state index contributed by atoms with van der Waals surface area (Å²) in [6.45, 7) is 2.81. The molecule has 2 fully saturated rings. The van der Waals surface area contributed by atoms with E-state index in [4.69, 9.17) is 0 Å². The Balaban J connectivity index is 1.47. The molecule has 30 heavy (non-hydrogen) atoms. The molecular formula is C22H22N6O2. The molecule has 6 rings (SSSR count). The van der Waals surface area contributed by atoms with Crippen molar-refractivity contribution in [2.24, 2.45) is 13.0 Å². The standard InChI is InChI=1S/C22H22N6O2/c1-11-19-13(10-27(2)26-19)6-15(20(11)29)21-24-9-16-17(25-21)3-4-28(22(16)30)18-7-14-5-12(18)8-23-14/h3-4,6,9-10,12,14,18,23,29H,5,7-8H2,1-2H3/t12-,14-,18-/m0/s1. The number of piperidine rings is 1. The summed E-state index contributed by atoms with van der Waals surface area (Å²) < 4.78 is 3.58. The van der Waals surface area contributed by atoms with Gasteiger partial charge in [-0.3, -0.25) is 9.48 Å². The summed E-state index contributed by atoms with van der Waals surface area (Å²) >= 11 is 0. The molecule has 0 amide bonds. The van der Waals surface area contributed by atoms with E-state index in [-0.39, 0.29) is 17.4 Å². The Kier molecular flexibility index (Phi) is 3.59. The molecule has 2 aliphatic rings. The van der Waals surface area contributed by atoms with Crippen LogP contribution in [0, 0.1) is 12.8 Å². The van der Waals surface area contributed by atoms with Crippen molar-refractivity contribution >= 4 is 21.8 Å². The van der Waals surface area contributed by atoms with Gasteiger partial charge in [0.1, 0.15) is 5.75 Å². The van der Waals surface area contributed by atoms with E-state index in [0.29, 0.717) is 39.8 Å². The molecule has 152 valence electrons. The van der Waals surface area contributed by atoms with Gasteiger partial charge in [-0.15, -0.1) is 0 Å². The third-order valence-electron chi connectivity index (χ3n) is 6.72. The minimum Gasteiger partial charge on any atom is -0.507 e. The van der Waals surface area contributed by atoms with Gasteiger partial charge in [0.2, 0.25) is 0 Å². The van der Waals surface area contributed by atoms with Crippen LogP contribution in [-0.2, 0) is 7.05 Å². The predicted molar refractivity (Wildman–Crippen MR) is 113 cm³/mol. The molecule has 1 aliphatic carbocycles. The van der Waals surface area contributed by atoms with Crippen LogP contribution >= 0.6 is 0 Å². The Morgan fingerprint density at radius 2 is 2.17 bits per heavy atom. The van der Waals surface area contributed by atoms with E-state index in [1.165, 1.54) is 0 Å². The summed E-state index contributed by atoms with van der Waals surface area (Å²) in [5.41, 5.74) is 2.53. The minimum absolute atomic E-state index is 0.0419. The van der Waals surface area contributed by atoms with Gasteiger partial charge in [0, 0.05) is 55.2 Å². The number of hydrogen-bond donors (Lipinski definition) is 2. The van der Waals surface area contributed by atoms with Crippen molar-refractivity contribution in [3.05, 3.63) is 46.6 Å². The lowest BCUT2D eigenvalue weighted by molar-refractivity contribution is 0.340. The molecule has 1 aliphatic heterocycles. The zero-order valence-corrected chi connectivity index (χ0v) is 16.8. The highest BCUT2D eigenvalue weighted by Gasteiger charge is 2.40. The molecule has 3 atom stereocenters. The van der Waals surface area contributed by atoms with Crippen LogP contribution in [0.1, 0.15) is 24.4 Å². The highest BCUT2D eigenvalue weighted by Crippen LogP contribution is 2.39. The van der Waals surface area contributed by atoms with Crippen LogP contribution in [0.5, 0.6) is 5.75 Å². The number of fused-ring (bicyclic) bond motifs is 4. The molecule has 1 saturated carbocycles. The number of nitrogens with one attached hydrogen (secondary N) is 1. The molecule has 4 aromatic rings. The summed E-state index contributed by atoms with van der Waals surface area (Å²) in [5.74, 6) is 1.02. The third-order valence-corrected chi connectivity index (χ3v) is 6.72. The van der Waals surface area contributed by atoms with E-state index in [2.05, 4.69) is 20.4 Å². The first-order valence-electron chi connectivity index (χ1n) is 10.3. The summed E-state index contributed by atoms with van der Waals surface area (Å²) in [5, 5.41) is 20.0. The summed E-state index contributed by atoms with van der Waals surface area (Å²) in [7, 11) is 1.85. The number of nitrogens with zero attached hydrogens (tertiary/aromatic N) is 5. The van der Waals surface area contributed by atoms with Gasteiger partial charge in [-0.05, 0) is 37.8 Å². The smallest absolute Gasteiger partial charge is 0.261 e. The van der Waals surface area contributed by atoms with E-state index in [1.807, 2.05) is 43.1 Å². The maximum Gasteiger partial charge on any atom is 0.261 e. The van der Waals surface area contributed by atoms with Crippen molar-refractivity contribution in [2.75, 3.05) is 6.54 Å². The van der Waals surface area contributed by atoms with Gasteiger partial charge in [0.05, 0.1) is 22.0 Å². The number of aryl methyl sites for hydroxylation is 2. The zero-order valence-electron chi connectivity index (χ0n) is 16.8. The number of phenolic OH excluding ortho intramolecular Hbond substituents is 1. The Morgan fingerprint density at radius 3 is 2.93 bits per heavy atom. The van der Waals surface area contributed by atoms with Gasteiger partial charge >= 0.3 is 0 Å². The van der Waals surface area contributed by atoms with E-state index in [0.717, 1.165) is 30.3 Å². The number of rotatable bonds is 2. The second-order valence-electron chi connectivity index (χ2n) is 8.56. The van der Waals surface area contributed by atoms with E-state index < -0.39 is 0 Å². The molecule has 2 bridgehead atoms. The van der Waals surface area contributed by atoms with Gasteiger partial charge < -0.3 is 15.0 Å². The number of aromatic nitrogens is 5. The van der Waals surface area contributed by atoms with Gasteiger partial charge in [-0.25, -0.2) is 9.97 Å². The maximum atomic E-state index is 13.1. The Bertz CT molecular complexity index is 1390. The Morgan fingerprint density at radius 1 is 1.30 bits per heavy atom. The quantitative estimate of drug-likeness (QED) is 0.534. The lowest BCUT2D eigenvalue weighted by Gasteiger charge is -2.24. The van der Waals surface area contributed by atoms with Crippen LogP contribution in [-0.4, -0.2) is 42.0 Å². The molecule has 8 heteroatoms. The van der Waals surface area contributed by atoms with Crippen LogP contribution in [0.3, 0.4) is 0 Å². The van der Waals surface area contributed by atoms with E-state index in [1.54, 1.807) is 10.9 Å². The fourth-order valence-electron chi connectivity index (χ4n) is 5.20. The summed E-state index contributed by atoms with van der Waals surface area (Å²) in [6.07, 6.45) is 7.48. The normalized spacial score (nSPS) is 23.1. The van der Waals surface area contributed by atoms with Crippen LogP contribution in [0.4, 0.5) is 0 Å². The predicted octanol–water partition coefficient (Wildman–Crippen LogP) is 2.28. The fourth-order valence-corrected chi connectivity index (χ4v) is 5.20. The topological polar surface area (TPSA) is 97.9 Å². The Labute approximate surface area is 172 Å². The number of phenols is 1. The molecule has 1 saturated heterocycles. The van der Waals surface area contributed by atoms with E-state index in [9.17, 15) is 9.90 Å². The second kappa shape index (κ2) is 6.12. The van der Waals surface area contributed by atoms with Crippen LogP contribution in [0.15, 0.2) is 35.5 Å². The number of hydrogen-bond acceptors (Lipinski definition) is 6. The third kappa shape index (κ3) is 2.43. The molecule has 4 heterocycles. The number of benzene rings is 1. The monoisotopic (exact) mass is 402 g/mol. The summed E-state index contributed by atoms with van der Waals surface area (Å²) in [6, 6.07) is 4.49. The molecular weight excluding hydrogens is 380 g/mol. The minimum atomic E-state index is -0.0419. The average molecular weight is 402 g/mol. The lowest BCUT2D eigenvalue weighted by atomic mass is 10.0. The first-order chi connectivity index (χ1) is 14.5. The molecule has 8 nitrogen and oxygen atoms in total. The van der Waals surface area contributed by atoms with Crippen molar-refractivity contribution < 1.29 is 5.11 Å². The second-order valence-corrected chi connectivity index (χ2v) is 8.56. The van der Waals surface area contributed by atoms with Gasteiger partial charge in [-0.1, -0.05) is 0 Å². The van der Waals surface area contributed by atoms with Crippen molar-refractivity contribution in [1.29, 1.82) is 0 Å². The SMILES string of the molecule is Cc1c(O)c(-c2ncc3c(=O)n([C@H]4C[C@@H]5C[C@H]4CN5)ccc3n2)cc2cn(C)nc12. The first kappa shape index (κ1) is 17.6. The lowest BCUT2D eigenvalue weighted by Crippen LogP contribution is -2.35. The van der Waals surface area contributed by atoms with Crippen LogP contribution in [0.2, 0.25) is 0 Å². The van der Waals surface area contributed by atoms with Crippen LogP contribution < -0.4 is 10.9 Å². The number of pyridine rings is 1. The van der Waals surface area contributed by atoms with Gasteiger partial charge in [0.15, 0.2) is 5.82 Å². The maximum absolute atomic E-state index is 13.1. The number of aromatic hydroxyl groups is 1. The van der Waals surface area contributed by atoms with Crippen molar-refractivity contribution in [3.63, 3.8) is 0 Å². The largest absolute Gasteiger partial charge is 0.507 e. The van der Waals surface area contributed by atoms with Crippen molar-refractivity contribution in [3.8, 4) is 17.1 Å². The molecule has 0 spiro atoms. The molecule has 1 aromatic carbocycles. The zero-order chi connectivity index (χ0) is 20.6.